The van der Waals surface area contributed by atoms with Gasteiger partial charge >= 0.3 is 0 Å². The summed E-state index contributed by atoms with van der Waals surface area (Å²) in [5, 5.41) is 6.26. The molecule has 86 valence electrons. The second-order valence-electron chi connectivity index (χ2n) is 4.07. The quantitative estimate of drug-likeness (QED) is 0.753. The number of hydrogen-bond donors (Lipinski definition) is 1. The Kier molecular flexibility index (Phi) is 3.03. The lowest BCUT2D eigenvalue weighted by Gasteiger charge is -2.30. The predicted octanol–water partition coefficient (Wildman–Crippen LogP) is 0.881. The third-order valence-corrected chi connectivity index (χ3v) is 2.96. The topological polar surface area (TPSA) is 66.1 Å². The summed E-state index contributed by atoms with van der Waals surface area (Å²) in [5.41, 5.74) is 1.22. The Hall–Kier alpha value is -1.65. The van der Waals surface area contributed by atoms with Crippen molar-refractivity contribution in [1.29, 1.82) is 0 Å². The summed E-state index contributed by atoms with van der Waals surface area (Å²) >= 11 is 0. The molecule has 16 heavy (non-hydrogen) atoms. The number of nitrogens with zero attached hydrogens (tertiary/aromatic N) is 2. The molecule has 0 aromatic carbocycles. The molecule has 0 unspecified atom stereocenters. The zero-order chi connectivity index (χ0) is 11.5. The van der Waals surface area contributed by atoms with Gasteiger partial charge < -0.3 is 4.90 Å². The second kappa shape index (κ2) is 4.47. The van der Waals surface area contributed by atoms with Gasteiger partial charge in [-0.15, -0.1) is 0 Å². The van der Waals surface area contributed by atoms with Crippen LogP contribution in [0.1, 0.15) is 35.3 Å². The summed E-state index contributed by atoms with van der Waals surface area (Å²) in [6.07, 6.45) is 4.04. The predicted molar refractivity (Wildman–Crippen MR) is 61.0 cm³/mol. The van der Waals surface area contributed by atoms with Crippen LogP contribution in [0.15, 0.2) is 4.79 Å². The summed E-state index contributed by atoms with van der Waals surface area (Å²) < 4.78 is 0. The fourth-order valence-electron chi connectivity index (χ4n) is 2.18. The van der Waals surface area contributed by atoms with E-state index in [0.717, 1.165) is 25.9 Å². The van der Waals surface area contributed by atoms with Crippen molar-refractivity contribution in [3.05, 3.63) is 21.6 Å². The molecule has 1 fully saturated rings. The molecule has 0 saturated carbocycles. The number of nitrogens with one attached hydrogen (secondary N) is 1. The highest BCUT2D eigenvalue weighted by molar-refractivity contribution is 5.84. The highest BCUT2D eigenvalue weighted by Crippen LogP contribution is 2.23. The summed E-state index contributed by atoms with van der Waals surface area (Å²) in [7, 11) is 0. The van der Waals surface area contributed by atoms with Crippen LogP contribution in [0.5, 0.6) is 0 Å². The lowest BCUT2D eigenvalue weighted by molar-refractivity contribution is 0.112. The molecule has 0 atom stereocenters. The normalized spacial score (nSPS) is 16.2. The Balaban J connectivity index is 2.48. The van der Waals surface area contributed by atoms with Crippen molar-refractivity contribution in [2.75, 3.05) is 18.0 Å². The number of hydrogen-bond acceptors (Lipinski definition) is 4. The Morgan fingerprint density at radius 1 is 1.31 bits per heavy atom. The van der Waals surface area contributed by atoms with Crippen LogP contribution in [0.4, 0.5) is 5.69 Å². The van der Waals surface area contributed by atoms with Gasteiger partial charge in [0.15, 0.2) is 6.29 Å². The first kappa shape index (κ1) is 10.9. The monoisotopic (exact) mass is 221 g/mol. The number of H-pyrrole nitrogens is 1. The number of carbonyl (C=O) groups excluding carboxylic acids is 1. The van der Waals surface area contributed by atoms with Gasteiger partial charge in [0.2, 0.25) is 0 Å². The van der Waals surface area contributed by atoms with Crippen LogP contribution in [0.2, 0.25) is 0 Å². The number of rotatable bonds is 2. The van der Waals surface area contributed by atoms with Gasteiger partial charge in [0.25, 0.3) is 5.56 Å². The van der Waals surface area contributed by atoms with Crippen molar-refractivity contribution in [3.8, 4) is 0 Å². The first-order valence-corrected chi connectivity index (χ1v) is 5.53. The van der Waals surface area contributed by atoms with E-state index in [1.165, 1.54) is 6.42 Å². The van der Waals surface area contributed by atoms with Crippen molar-refractivity contribution in [2.45, 2.75) is 26.2 Å². The van der Waals surface area contributed by atoms with Crippen LogP contribution in [0, 0.1) is 6.92 Å². The van der Waals surface area contributed by atoms with Crippen LogP contribution < -0.4 is 10.5 Å². The minimum Gasteiger partial charge on any atom is -0.369 e. The van der Waals surface area contributed by atoms with Crippen LogP contribution in [-0.4, -0.2) is 29.6 Å². The summed E-state index contributed by atoms with van der Waals surface area (Å²) in [6, 6.07) is 0. The zero-order valence-electron chi connectivity index (χ0n) is 9.32. The van der Waals surface area contributed by atoms with Crippen molar-refractivity contribution < 1.29 is 4.79 Å². The Bertz CT molecular complexity index is 447. The number of aromatic amines is 1. The van der Waals surface area contributed by atoms with E-state index in [4.69, 9.17) is 0 Å². The number of aldehydes is 1. The van der Waals surface area contributed by atoms with Crippen LogP contribution in [0.25, 0.3) is 0 Å². The maximum Gasteiger partial charge on any atom is 0.276 e. The second-order valence-corrected chi connectivity index (χ2v) is 4.07. The number of piperidine rings is 1. The fraction of sp³-hybridized carbons (Fsp3) is 0.545. The zero-order valence-corrected chi connectivity index (χ0v) is 9.32. The molecule has 2 heterocycles. The molecule has 5 heteroatoms. The highest BCUT2D eigenvalue weighted by atomic mass is 16.1. The molecule has 1 aliphatic rings. The van der Waals surface area contributed by atoms with Crippen molar-refractivity contribution in [1.82, 2.24) is 10.2 Å². The molecule has 1 aliphatic heterocycles. The lowest BCUT2D eigenvalue weighted by atomic mass is 10.1. The first-order valence-electron chi connectivity index (χ1n) is 5.53. The third kappa shape index (κ3) is 1.85. The smallest absolute Gasteiger partial charge is 0.276 e. The van der Waals surface area contributed by atoms with E-state index in [1.807, 2.05) is 6.92 Å². The molecular weight excluding hydrogens is 206 g/mol. The van der Waals surface area contributed by atoms with Gasteiger partial charge in [-0.25, -0.2) is 5.10 Å². The van der Waals surface area contributed by atoms with Gasteiger partial charge in [-0.2, -0.15) is 5.10 Å². The molecule has 2 rings (SSSR count). The van der Waals surface area contributed by atoms with E-state index < -0.39 is 5.56 Å². The van der Waals surface area contributed by atoms with E-state index in [2.05, 4.69) is 15.1 Å². The summed E-state index contributed by atoms with van der Waals surface area (Å²) in [5.74, 6) is 0. The van der Waals surface area contributed by atoms with E-state index >= 15 is 0 Å². The third-order valence-electron chi connectivity index (χ3n) is 2.96. The average molecular weight is 221 g/mol. The van der Waals surface area contributed by atoms with Crippen LogP contribution in [0.3, 0.4) is 0 Å². The SMILES string of the molecule is Cc1n[nH]c(=O)c(C=O)c1N1CCCCC1. The molecule has 0 spiro atoms. The maximum atomic E-state index is 11.5. The number of aromatic nitrogens is 2. The van der Waals surface area contributed by atoms with Crippen molar-refractivity contribution in [3.63, 3.8) is 0 Å². The van der Waals surface area contributed by atoms with Crippen LogP contribution >= 0.6 is 0 Å². The Labute approximate surface area is 93.5 Å². The largest absolute Gasteiger partial charge is 0.369 e. The molecular formula is C11H15N3O2. The van der Waals surface area contributed by atoms with Gasteiger partial charge in [-0.05, 0) is 26.2 Å². The standard InChI is InChI=1S/C11H15N3O2/c1-8-10(14-5-3-2-4-6-14)9(7-15)11(16)13-12-8/h7H,2-6H2,1H3,(H,13,16). The molecule has 1 saturated heterocycles. The fourth-order valence-corrected chi connectivity index (χ4v) is 2.18. The summed E-state index contributed by atoms with van der Waals surface area (Å²) in [4.78, 5) is 24.5. The minimum absolute atomic E-state index is 0.203. The number of carbonyl (C=O) groups is 1. The highest BCUT2D eigenvalue weighted by Gasteiger charge is 2.19. The Morgan fingerprint density at radius 3 is 2.62 bits per heavy atom. The van der Waals surface area contributed by atoms with E-state index in [9.17, 15) is 9.59 Å². The average Bonchev–Trinajstić information content (AvgIpc) is 2.33. The summed E-state index contributed by atoms with van der Waals surface area (Å²) in [6.45, 7) is 3.60. The van der Waals surface area contributed by atoms with Gasteiger partial charge in [0.05, 0.1) is 11.4 Å². The Morgan fingerprint density at radius 2 is 2.00 bits per heavy atom. The maximum absolute atomic E-state index is 11.5. The lowest BCUT2D eigenvalue weighted by Crippen LogP contribution is -2.33. The van der Waals surface area contributed by atoms with Gasteiger partial charge in [0.1, 0.15) is 5.56 Å². The molecule has 1 aromatic heterocycles. The van der Waals surface area contributed by atoms with E-state index in [0.29, 0.717) is 17.7 Å². The van der Waals surface area contributed by atoms with Crippen molar-refractivity contribution in [2.24, 2.45) is 0 Å². The molecule has 0 radical (unpaired) electrons. The van der Waals surface area contributed by atoms with E-state index in [1.54, 1.807) is 0 Å². The number of anilines is 1. The van der Waals surface area contributed by atoms with Crippen molar-refractivity contribution >= 4 is 12.0 Å². The molecule has 1 N–H and O–H groups in total. The van der Waals surface area contributed by atoms with Gasteiger partial charge in [-0.3, -0.25) is 9.59 Å². The minimum atomic E-state index is -0.402. The number of aryl methyl sites for hydroxylation is 1. The molecule has 1 aromatic rings. The molecule has 5 nitrogen and oxygen atoms in total. The molecule has 0 aliphatic carbocycles. The molecule has 0 bridgehead atoms. The molecule has 0 amide bonds. The first-order chi connectivity index (χ1) is 7.74. The van der Waals surface area contributed by atoms with Gasteiger partial charge in [-0.1, -0.05) is 0 Å². The van der Waals surface area contributed by atoms with Gasteiger partial charge in [0, 0.05) is 13.1 Å². The van der Waals surface area contributed by atoms with E-state index in [-0.39, 0.29) is 5.56 Å². The van der Waals surface area contributed by atoms with Crippen LogP contribution in [-0.2, 0) is 0 Å².